The van der Waals surface area contributed by atoms with Gasteiger partial charge in [0.05, 0.1) is 49.2 Å². The van der Waals surface area contributed by atoms with Gasteiger partial charge in [0.2, 0.25) is 0 Å². The van der Waals surface area contributed by atoms with E-state index in [0.717, 1.165) is 30.2 Å². The van der Waals surface area contributed by atoms with Crippen LogP contribution in [0.2, 0.25) is 0 Å². The first kappa shape index (κ1) is 19.1. The summed E-state index contributed by atoms with van der Waals surface area (Å²) >= 11 is 0. The number of amides is 2. The van der Waals surface area contributed by atoms with Crippen LogP contribution in [0, 0.1) is 0 Å². The van der Waals surface area contributed by atoms with Crippen molar-refractivity contribution in [2.45, 2.75) is 6.54 Å². The van der Waals surface area contributed by atoms with E-state index in [9.17, 15) is 4.79 Å². The number of hydrogen-bond acceptors (Lipinski definition) is 6. The number of nitrogens with one attached hydrogen (secondary N) is 2. The molecule has 4 aromatic heterocycles. The highest BCUT2D eigenvalue weighted by atomic mass is 16.5. The maximum atomic E-state index is 12.3. The van der Waals surface area contributed by atoms with Gasteiger partial charge in [0.1, 0.15) is 11.5 Å². The fourth-order valence-corrected chi connectivity index (χ4v) is 3.48. The fourth-order valence-electron chi connectivity index (χ4n) is 3.48. The summed E-state index contributed by atoms with van der Waals surface area (Å²) in [5, 5.41) is 9.88. The zero-order valence-electron chi connectivity index (χ0n) is 16.8. The van der Waals surface area contributed by atoms with Crippen molar-refractivity contribution >= 4 is 28.9 Å². The number of imidazole rings is 1. The Morgan fingerprint density at radius 3 is 2.71 bits per heavy atom. The molecule has 2 N–H and O–H groups in total. The highest BCUT2D eigenvalue weighted by Crippen LogP contribution is 2.16. The van der Waals surface area contributed by atoms with Crippen molar-refractivity contribution in [3.05, 3.63) is 67.0 Å². The first-order valence-corrected chi connectivity index (χ1v) is 10.0. The van der Waals surface area contributed by atoms with Crippen LogP contribution in [0.25, 0.3) is 5.65 Å². The van der Waals surface area contributed by atoms with Gasteiger partial charge < -0.3 is 24.7 Å². The minimum Gasteiger partial charge on any atom is -0.378 e. The normalized spacial score (nSPS) is 14.0. The van der Waals surface area contributed by atoms with Crippen LogP contribution in [0.15, 0.2) is 61.3 Å². The highest BCUT2D eigenvalue weighted by molar-refractivity contribution is 5.99. The molecule has 0 aliphatic carbocycles. The van der Waals surface area contributed by atoms with Crippen molar-refractivity contribution in [1.29, 1.82) is 0 Å². The van der Waals surface area contributed by atoms with Crippen molar-refractivity contribution in [3.8, 4) is 0 Å². The second-order valence-electron chi connectivity index (χ2n) is 7.21. The number of carbonyl (C=O) groups is 1. The van der Waals surface area contributed by atoms with E-state index >= 15 is 0 Å². The van der Waals surface area contributed by atoms with Crippen molar-refractivity contribution in [2.75, 3.05) is 41.8 Å². The molecule has 0 saturated carbocycles. The number of morpholine rings is 1. The summed E-state index contributed by atoms with van der Waals surface area (Å²) in [6.45, 7) is 3.56. The van der Waals surface area contributed by atoms with E-state index in [2.05, 4.69) is 30.6 Å². The molecule has 10 heteroatoms. The lowest BCUT2D eigenvalue weighted by molar-refractivity contribution is 0.122. The summed E-state index contributed by atoms with van der Waals surface area (Å²) in [6, 6.07) is 9.24. The van der Waals surface area contributed by atoms with Gasteiger partial charge in [-0.2, -0.15) is 5.10 Å². The molecule has 31 heavy (non-hydrogen) atoms. The topological polar surface area (TPSA) is 102 Å². The molecule has 4 aromatic rings. The van der Waals surface area contributed by atoms with Gasteiger partial charge in [0.15, 0.2) is 0 Å². The third kappa shape index (κ3) is 4.48. The largest absolute Gasteiger partial charge is 0.378 e. The molecule has 0 spiro atoms. The minimum absolute atomic E-state index is 0.354. The van der Waals surface area contributed by atoms with Crippen LogP contribution in [-0.2, 0) is 11.3 Å². The minimum atomic E-state index is -0.354. The molecule has 2 amide bonds. The summed E-state index contributed by atoms with van der Waals surface area (Å²) in [5.41, 5.74) is 2.98. The van der Waals surface area contributed by atoms with Gasteiger partial charge in [-0.1, -0.05) is 6.07 Å². The molecule has 1 aliphatic heterocycles. The van der Waals surface area contributed by atoms with Crippen LogP contribution in [-0.4, -0.2) is 56.5 Å². The first-order valence-electron chi connectivity index (χ1n) is 10.0. The Bertz CT molecular complexity index is 1140. The SMILES string of the molecule is O=C(Nc1ccc(N2CCOCC2)nc1)Nc1cnn(Cc2cn3ccccc3n2)c1. The molecular weight excluding hydrogens is 396 g/mol. The van der Waals surface area contributed by atoms with Gasteiger partial charge in [0, 0.05) is 31.7 Å². The molecule has 10 nitrogen and oxygen atoms in total. The zero-order valence-corrected chi connectivity index (χ0v) is 16.8. The number of rotatable bonds is 5. The molecule has 1 aliphatic rings. The van der Waals surface area contributed by atoms with Gasteiger partial charge >= 0.3 is 6.03 Å². The number of fused-ring (bicyclic) bond motifs is 1. The van der Waals surface area contributed by atoms with E-state index in [4.69, 9.17) is 4.74 Å². The van der Waals surface area contributed by atoms with Crippen LogP contribution < -0.4 is 15.5 Å². The monoisotopic (exact) mass is 418 g/mol. The Labute approximate surface area is 178 Å². The van der Waals surface area contributed by atoms with Crippen LogP contribution in [0.1, 0.15) is 5.69 Å². The summed E-state index contributed by atoms with van der Waals surface area (Å²) in [7, 11) is 0. The summed E-state index contributed by atoms with van der Waals surface area (Å²) in [6.07, 6.45) is 8.94. The van der Waals surface area contributed by atoms with E-state index in [1.54, 1.807) is 23.3 Å². The van der Waals surface area contributed by atoms with Crippen LogP contribution in [0.3, 0.4) is 0 Å². The van der Waals surface area contributed by atoms with Crippen molar-refractivity contribution in [3.63, 3.8) is 0 Å². The van der Waals surface area contributed by atoms with Crippen molar-refractivity contribution in [2.24, 2.45) is 0 Å². The molecular formula is C21H22N8O2. The van der Waals surface area contributed by atoms with Gasteiger partial charge in [-0.25, -0.2) is 14.8 Å². The summed E-state index contributed by atoms with van der Waals surface area (Å²) < 4.78 is 9.05. The van der Waals surface area contributed by atoms with E-state index in [1.807, 2.05) is 47.1 Å². The van der Waals surface area contributed by atoms with Crippen LogP contribution in [0.5, 0.6) is 0 Å². The number of pyridine rings is 2. The lowest BCUT2D eigenvalue weighted by atomic mass is 10.3. The van der Waals surface area contributed by atoms with Gasteiger partial charge in [-0.05, 0) is 24.3 Å². The van der Waals surface area contributed by atoms with E-state index < -0.39 is 0 Å². The fraction of sp³-hybridized carbons (Fsp3) is 0.238. The summed E-state index contributed by atoms with van der Waals surface area (Å²) in [4.78, 5) is 23.5. The maximum Gasteiger partial charge on any atom is 0.323 e. The Hall–Kier alpha value is -3.92. The molecule has 0 radical (unpaired) electrons. The number of urea groups is 1. The molecule has 0 aromatic carbocycles. The second-order valence-corrected chi connectivity index (χ2v) is 7.21. The molecule has 5 rings (SSSR count). The van der Waals surface area contributed by atoms with E-state index in [-0.39, 0.29) is 6.03 Å². The van der Waals surface area contributed by atoms with Crippen LogP contribution >= 0.6 is 0 Å². The predicted molar refractivity (Wildman–Crippen MR) is 116 cm³/mol. The average Bonchev–Trinajstić information content (AvgIpc) is 3.41. The number of hydrogen-bond donors (Lipinski definition) is 2. The molecule has 0 bridgehead atoms. The summed E-state index contributed by atoms with van der Waals surface area (Å²) in [5.74, 6) is 0.877. The Morgan fingerprint density at radius 2 is 1.90 bits per heavy atom. The van der Waals surface area contributed by atoms with Gasteiger partial charge in [-0.3, -0.25) is 4.68 Å². The number of ether oxygens (including phenoxy) is 1. The van der Waals surface area contributed by atoms with Gasteiger partial charge in [0.25, 0.3) is 0 Å². The molecule has 1 saturated heterocycles. The third-order valence-corrected chi connectivity index (χ3v) is 4.97. The highest BCUT2D eigenvalue weighted by Gasteiger charge is 2.12. The predicted octanol–water partition coefficient (Wildman–Crippen LogP) is 2.45. The number of carbonyl (C=O) groups excluding carboxylic acids is 1. The van der Waals surface area contributed by atoms with Gasteiger partial charge in [-0.15, -0.1) is 0 Å². The zero-order chi connectivity index (χ0) is 21.0. The Morgan fingerprint density at radius 1 is 1.03 bits per heavy atom. The number of anilines is 3. The maximum absolute atomic E-state index is 12.3. The number of aromatic nitrogens is 5. The number of nitrogens with zero attached hydrogens (tertiary/aromatic N) is 6. The third-order valence-electron chi connectivity index (χ3n) is 4.97. The van der Waals surface area contributed by atoms with Crippen molar-refractivity contribution in [1.82, 2.24) is 24.1 Å². The first-order chi connectivity index (χ1) is 15.2. The lowest BCUT2D eigenvalue weighted by Crippen LogP contribution is -2.36. The Kier molecular flexibility index (Phi) is 5.19. The quantitative estimate of drug-likeness (QED) is 0.516. The molecule has 1 fully saturated rings. The lowest BCUT2D eigenvalue weighted by Gasteiger charge is -2.27. The second kappa shape index (κ2) is 8.44. The average molecular weight is 418 g/mol. The molecule has 158 valence electrons. The molecule has 0 unspecified atom stereocenters. The van der Waals surface area contributed by atoms with Crippen molar-refractivity contribution < 1.29 is 9.53 Å². The van der Waals surface area contributed by atoms with E-state index in [1.165, 1.54) is 0 Å². The molecule has 0 atom stereocenters. The standard InChI is InChI=1S/C21H22N8O2/c30-21(25-16-4-5-19(22-11-16)27-7-9-31-10-8-27)26-17-12-23-29(14-17)15-18-13-28-6-2-1-3-20(28)24-18/h1-6,11-14H,7-10,15H2,(H2,25,26,30). The van der Waals surface area contributed by atoms with Crippen LogP contribution in [0.4, 0.5) is 22.0 Å². The smallest absolute Gasteiger partial charge is 0.323 e. The molecule has 5 heterocycles. The van der Waals surface area contributed by atoms with E-state index in [0.29, 0.717) is 31.1 Å². The Balaban J connectivity index is 1.17.